The lowest BCUT2D eigenvalue weighted by molar-refractivity contribution is 0.693. The molecule has 2 unspecified atom stereocenters. The molecule has 154 valence electrons. The van der Waals surface area contributed by atoms with Crippen molar-refractivity contribution in [3.63, 3.8) is 0 Å². The van der Waals surface area contributed by atoms with Gasteiger partial charge in [0.25, 0.3) is 0 Å². The second-order valence-corrected chi connectivity index (χ2v) is 14.8. The van der Waals surface area contributed by atoms with E-state index in [0.717, 1.165) is 0 Å². The van der Waals surface area contributed by atoms with Gasteiger partial charge in [-0.05, 0) is 77.4 Å². The first-order valence-electron chi connectivity index (χ1n) is 11.5. The molecular weight excluding hydrogens is 388 g/mol. The smallest absolute Gasteiger partial charge is 0.0643 e. The molecule has 0 aromatic heterocycles. The molecule has 0 N–H and O–H groups in total. The summed E-state index contributed by atoms with van der Waals surface area (Å²) >= 11 is 0. The maximum absolute atomic E-state index is 2.54. The standard InChI is InChI=1S/C30H30Si/c1-17-12-22-13-19(3)26(24(22)15-18(17)2)27-20(4)14-23-16-25-30(31(25,5)6)29(28(23)27)21-10-8-7-9-11-21/h7-16,26-27H,1-6H3. The average Bonchev–Trinajstić information content (AvgIpc) is 2.97. The van der Waals surface area contributed by atoms with Crippen LogP contribution in [0.4, 0.5) is 0 Å². The van der Waals surface area contributed by atoms with Gasteiger partial charge in [0, 0.05) is 11.8 Å². The highest BCUT2D eigenvalue weighted by Crippen LogP contribution is 2.55. The zero-order chi connectivity index (χ0) is 21.7. The third kappa shape index (κ3) is 2.53. The number of fused-ring (bicyclic) bond motifs is 3. The Morgan fingerprint density at radius 3 is 2.10 bits per heavy atom. The predicted octanol–water partition coefficient (Wildman–Crippen LogP) is 6.81. The van der Waals surface area contributed by atoms with Crippen LogP contribution >= 0.6 is 0 Å². The molecule has 31 heavy (non-hydrogen) atoms. The van der Waals surface area contributed by atoms with Gasteiger partial charge in [0.1, 0.15) is 8.07 Å². The van der Waals surface area contributed by atoms with Gasteiger partial charge in [-0.15, -0.1) is 0 Å². The number of aryl methyl sites for hydroxylation is 2. The van der Waals surface area contributed by atoms with E-state index in [2.05, 4.69) is 101 Å². The molecule has 1 heteroatoms. The molecule has 0 nitrogen and oxygen atoms in total. The molecule has 0 saturated heterocycles. The second kappa shape index (κ2) is 6.20. The minimum Gasteiger partial charge on any atom is -0.0643 e. The third-order valence-corrected chi connectivity index (χ3v) is 11.4. The Morgan fingerprint density at radius 2 is 1.35 bits per heavy atom. The molecule has 1 heterocycles. The van der Waals surface area contributed by atoms with Crippen molar-refractivity contribution in [1.29, 1.82) is 0 Å². The van der Waals surface area contributed by atoms with Gasteiger partial charge < -0.3 is 0 Å². The van der Waals surface area contributed by atoms with Crippen molar-refractivity contribution in [3.05, 3.63) is 93.1 Å². The average molecular weight is 419 g/mol. The Kier molecular flexibility index (Phi) is 3.82. The van der Waals surface area contributed by atoms with Crippen molar-refractivity contribution in [2.75, 3.05) is 0 Å². The van der Waals surface area contributed by atoms with Crippen LogP contribution < -0.4 is 10.4 Å². The lowest BCUT2D eigenvalue weighted by atomic mass is 9.75. The molecule has 2 atom stereocenters. The van der Waals surface area contributed by atoms with E-state index in [1.54, 1.807) is 21.5 Å². The summed E-state index contributed by atoms with van der Waals surface area (Å²) in [5.74, 6) is 0.872. The van der Waals surface area contributed by atoms with E-state index in [9.17, 15) is 0 Å². The topological polar surface area (TPSA) is 0 Å². The van der Waals surface area contributed by atoms with Crippen LogP contribution in [0.1, 0.15) is 59.1 Å². The Bertz CT molecular complexity index is 1330. The fraction of sp³-hybridized carbons (Fsp3) is 0.267. The first kappa shape index (κ1) is 19.1. The number of allylic oxidation sites excluding steroid dienone is 2. The van der Waals surface area contributed by atoms with E-state index < -0.39 is 8.07 Å². The molecule has 1 aliphatic heterocycles. The van der Waals surface area contributed by atoms with Crippen LogP contribution in [0, 0.1) is 13.8 Å². The summed E-state index contributed by atoms with van der Waals surface area (Å²) in [6.45, 7) is 14.2. The maximum atomic E-state index is 2.54. The molecular formula is C30H30Si. The van der Waals surface area contributed by atoms with Crippen molar-refractivity contribution in [3.8, 4) is 11.1 Å². The van der Waals surface area contributed by atoms with E-state index in [1.165, 1.54) is 44.5 Å². The molecule has 3 aliphatic rings. The van der Waals surface area contributed by atoms with Crippen LogP contribution in [-0.2, 0) is 0 Å². The summed E-state index contributed by atoms with van der Waals surface area (Å²) in [6, 6.07) is 18.6. The number of benzene rings is 3. The zero-order valence-electron chi connectivity index (χ0n) is 19.4. The molecule has 3 aromatic rings. The lowest BCUT2D eigenvalue weighted by Crippen LogP contribution is -2.19. The zero-order valence-corrected chi connectivity index (χ0v) is 20.4. The van der Waals surface area contributed by atoms with Crippen LogP contribution in [0.5, 0.6) is 0 Å². The van der Waals surface area contributed by atoms with E-state index in [-0.39, 0.29) is 0 Å². The normalized spacial score (nSPS) is 21.9. The van der Waals surface area contributed by atoms with Crippen molar-refractivity contribution in [2.24, 2.45) is 0 Å². The van der Waals surface area contributed by atoms with Crippen molar-refractivity contribution in [1.82, 2.24) is 0 Å². The van der Waals surface area contributed by atoms with Gasteiger partial charge in [-0.25, -0.2) is 0 Å². The summed E-state index contributed by atoms with van der Waals surface area (Å²) in [7, 11) is -1.41. The van der Waals surface area contributed by atoms with Gasteiger partial charge in [0.05, 0.1) is 0 Å². The Balaban J connectivity index is 1.60. The van der Waals surface area contributed by atoms with E-state index in [4.69, 9.17) is 0 Å². The fourth-order valence-corrected chi connectivity index (χ4v) is 9.70. The van der Waals surface area contributed by atoms with Crippen LogP contribution in [0.15, 0.2) is 59.7 Å². The van der Waals surface area contributed by atoms with Crippen molar-refractivity contribution in [2.45, 2.75) is 52.6 Å². The number of hydrogen-bond acceptors (Lipinski definition) is 0. The Hall–Kier alpha value is -2.64. The number of rotatable bonds is 2. The molecule has 0 bridgehead atoms. The van der Waals surface area contributed by atoms with Crippen LogP contribution in [-0.4, -0.2) is 8.07 Å². The quantitative estimate of drug-likeness (QED) is 0.401. The SMILES string of the molecule is CC1=Cc2cc(C)c(C)cc2C1C1C(C)=Cc2cc3c(c(-c4ccccc4)c21)[Si]3(C)C. The maximum Gasteiger partial charge on any atom is 0.112 e. The van der Waals surface area contributed by atoms with Gasteiger partial charge in [0.2, 0.25) is 0 Å². The van der Waals surface area contributed by atoms with Gasteiger partial charge in [-0.3, -0.25) is 0 Å². The van der Waals surface area contributed by atoms with Gasteiger partial charge in [0.15, 0.2) is 0 Å². The number of hydrogen-bond donors (Lipinski definition) is 0. The third-order valence-electron chi connectivity index (χ3n) is 8.12. The Morgan fingerprint density at radius 1 is 0.710 bits per heavy atom. The summed E-state index contributed by atoms with van der Waals surface area (Å²) in [4.78, 5) is 0. The Labute approximate surface area is 187 Å². The summed E-state index contributed by atoms with van der Waals surface area (Å²) in [5, 5.41) is 3.37. The largest absolute Gasteiger partial charge is 0.112 e. The van der Waals surface area contributed by atoms with Crippen molar-refractivity contribution < 1.29 is 0 Å². The minimum absolute atomic E-state index is 0.431. The highest BCUT2D eigenvalue weighted by Gasteiger charge is 2.50. The molecule has 0 spiro atoms. The molecule has 2 aliphatic carbocycles. The molecule has 0 radical (unpaired) electrons. The van der Waals surface area contributed by atoms with Gasteiger partial charge in [-0.2, -0.15) is 0 Å². The first-order valence-corrected chi connectivity index (χ1v) is 14.5. The molecule has 0 amide bonds. The highest BCUT2D eigenvalue weighted by molar-refractivity contribution is 7.16. The van der Waals surface area contributed by atoms with E-state index in [0.29, 0.717) is 11.8 Å². The van der Waals surface area contributed by atoms with Gasteiger partial charge >= 0.3 is 0 Å². The van der Waals surface area contributed by atoms with Crippen LogP contribution in [0.25, 0.3) is 23.3 Å². The molecule has 6 rings (SSSR count). The van der Waals surface area contributed by atoms with Crippen LogP contribution in [0.3, 0.4) is 0 Å². The monoisotopic (exact) mass is 418 g/mol. The van der Waals surface area contributed by atoms with E-state index >= 15 is 0 Å². The minimum atomic E-state index is -1.41. The van der Waals surface area contributed by atoms with Crippen LogP contribution in [0.2, 0.25) is 13.1 Å². The first-order chi connectivity index (χ1) is 14.8. The molecule has 3 aromatic carbocycles. The lowest BCUT2D eigenvalue weighted by Gasteiger charge is -2.28. The molecule has 0 fully saturated rings. The van der Waals surface area contributed by atoms with Gasteiger partial charge in [-0.1, -0.05) is 90.1 Å². The highest BCUT2D eigenvalue weighted by atomic mass is 28.3. The van der Waals surface area contributed by atoms with E-state index in [1.807, 2.05) is 0 Å². The second-order valence-electron chi connectivity index (χ2n) is 10.5. The fourth-order valence-electron chi connectivity index (χ4n) is 6.34. The molecule has 0 saturated carbocycles. The summed E-state index contributed by atoms with van der Waals surface area (Å²) in [5.41, 5.74) is 14.8. The summed E-state index contributed by atoms with van der Waals surface area (Å²) in [6.07, 6.45) is 4.93. The summed E-state index contributed by atoms with van der Waals surface area (Å²) < 4.78 is 0. The predicted molar refractivity (Wildman–Crippen MR) is 137 cm³/mol. The van der Waals surface area contributed by atoms with Crippen molar-refractivity contribution >= 4 is 30.6 Å².